The number of rotatable bonds is 6. The number of aryl methyl sites for hydroxylation is 1. The number of nitrogens with one attached hydrogen (secondary N) is 1. The quantitative estimate of drug-likeness (QED) is 0.810. The van der Waals surface area contributed by atoms with E-state index in [4.69, 9.17) is 0 Å². The first-order valence-electron chi connectivity index (χ1n) is 6.27. The average Bonchev–Trinajstić information content (AvgIpc) is 2.73. The third-order valence-corrected chi connectivity index (χ3v) is 4.71. The molecule has 0 aromatic carbocycles. The third kappa shape index (κ3) is 3.05. The summed E-state index contributed by atoms with van der Waals surface area (Å²) in [4.78, 5) is 5.67. The highest BCUT2D eigenvalue weighted by atomic mass is 32.1. The predicted molar refractivity (Wildman–Crippen MR) is 72.0 cm³/mol. The van der Waals surface area contributed by atoms with E-state index >= 15 is 0 Å². The molecule has 3 heteroatoms. The van der Waals surface area contributed by atoms with E-state index in [2.05, 4.69) is 44.9 Å². The molecule has 2 nitrogen and oxygen atoms in total. The van der Waals surface area contributed by atoms with Crippen LogP contribution in [-0.2, 0) is 0 Å². The van der Waals surface area contributed by atoms with Crippen LogP contribution in [0.2, 0.25) is 0 Å². The molecule has 0 spiro atoms. The van der Waals surface area contributed by atoms with Crippen molar-refractivity contribution in [2.24, 2.45) is 0 Å². The van der Waals surface area contributed by atoms with Crippen molar-refractivity contribution in [1.82, 2.24) is 10.3 Å². The Balaban J connectivity index is 2.72. The normalized spacial score (nSPS) is 14.1. The summed E-state index contributed by atoms with van der Waals surface area (Å²) < 4.78 is 0. The predicted octanol–water partition coefficient (Wildman–Crippen LogP) is 4.07. The van der Waals surface area contributed by atoms with Gasteiger partial charge in [-0.25, -0.2) is 4.98 Å². The van der Waals surface area contributed by atoms with Crippen LogP contribution in [0, 0.1) is 6.92 Å². The zero-order valence-corrected chi connectivity index (χ0v) is 11.9. The summed E-state index contributed by atoms with van der Waals surface area (Å²) in [6.07, 6.45) is 5.55. The highest BCUT2D eigenvalue weighted by molar-refractivity contribution is 7.11. The number of nitrogens with zero attached hydrogens (tertiary/aromatic N) is 1. The van der Waals surface area contributed by atoms with Crippen molar-refractivity contribution in [1.29, 1.82) is 0 Å². The summed E-state index contributed by atoms with van der Waals surface area (Å²) in [7, 11) is 0. The molecule has 0 radical (unpaired) electrons. The molecule has 1 aromatic heterocycles. The lowest BCUT2D eigenvalue weighted by Crippen LogP contribution is -2.44. The lowest BCUT2D eigenvalue weighted by molar-refractivity contribution is 0.264. The van der Waals surface area contributed by atoms with Gasteiger partial charge in [-0.3, -0.25) is 0 Å². The number of hydrogen-bond donors (Lipinski definition) is 1. The smallest absolute Gasteiger partial charge is 0.0897 e. The molecule has 0 aliphatic rings. The average molecular weight is 240 g/mol. The zero-order valence-electron chi connectivity index (χ0n) is 11.1. The van der Waals surface area contributed by atoms with Gasteiger partial charge in [0.1, 0.15) is 0 Å². The molecule has 0 amide bonds. The van der Waals surface area contributed by atoms with Crippen molar-refractivity contribution in [2.45, 2.75) is 65.5 Å². The second-order valence-electron chi connectivity index (χ2n) is 4.49. The topological polar surface area (TPSA) is 24.9 Å². The van der Waals surface area contributed by atoms with Gasteiger partial charge in [-0.15, -0.1) is 11.3 Å². The fourth-order valence-electron chi connectivity index (χ4n) is 2.16. The van der Waals surface area contributed by atoms with Gasteiger partial charge in [0.05, 0.1) is 5.01 Å². The highest BCUT2D eigenvalue weighted by Gasteiger charge is 2.26. The number of hydrogen-bond acceptors (Lipinski definition) is 3. The first-order valence-corrected chi connectivity index (χ1v) is 7.08. The Bertz CT molecular complexity index is 307. The van der Waals surface area contributed by atoms with Gasteiger partial charge in [-0.1, -0.05) is 20.8 Å². The summed E-state index contributed by atoms with van der Waals surface area (Å²) in [6, 6.07) is 0.408. The van der Waals surface area contributed by atoms with Crippen LogP contribution in [0.4, 0.5) is 0 Å². The van der Waals surface area contributed by atoms with Gasteiger partial charge in [0, 0.05) is 22.7 Å². The van der Waals surface area contributed by atoms with Gasteiger partial charge in [-0.05, 0) is 33.1 Å². The summed E-state index contributed by atoms with van der Waals surface area (Å²) in [5, 5.41) is 4.93. The van der Waals surface area contributed by atoms with Crippen molar-refractivity contribution in [3.05, 3.63) is 16.1 Å². The van der Waals surface area contributed by atoms with Crippen LogP contribution < -0.4 is 5.32 Å². The second kappa shape index (κ2) is 5.78. The molecule has 16 heavy (non-hydrogen) atoms. The molecule has 0 fully saturated rings. The SMILES string of the molecule is CCC(CC)(CC)NC(C)c1cnc(C)s1. The van der Waals surface area contributed by atoms with Gasteiger partial charge >= 0.3 is 0 Å². The van der Waals surface area contributed by atoms with Gasteiger partial charge < -0.3 is 5.32 Å². The first kappa shape index (κ1) is 13.7. The van der Waals surface area contributed by atoms with E-state index in [-0.39, 0.29) is 5.54 Å². The molecule has 0 bridgehead atoms. The summed E-state index contributed by atoms with van der Waals surface area (Å²) in [5.74, 6) is 0. The van der Waals surface area contributed by atoms with Crippen molar-refractivity contribution < 1.29 is 0 Å². The van der Waals surface area contributed by atoms with E-state index in [9.17, 15) is 0 Å². The Morgan fingerprint density at radius 2 is 1.88 bits per heavy atom. The van der Waals surface area contributed by atoms with Crippen LogP contribution in [0.3, 0.4) is 0 Å². The molecule has 0 aliphatic carbocycles. The molecule has 0 saturated heterocycles. The molecular weight excluding hydrogens is 216 g/mol. The molecule has 1 aromatic rings. The van der Waals surface area contributed by atoms with E-state index in [1.165, 1.54) is 24.1 Å². The molecule has 1 rings (SSSR count). The van der Waals surface area contributed by atoms with E-state index in [0.29, 0.717) is 6.04 Å². The molecular formula is C13H24N2S. The van der Waals surface area contributed by atoms with Crippen molar-refractivity contribution in [3.8, 4) is 0 Å². The van der Waals surface area contributed by atoms with E-state index in [1.807, 2.05) is 6.20 Å². The summed E-state index contributed by atoms with van der Waals surface area (Å²) >= 11 is 1.79. The Labute approximate surface area is 103 Å². The zero-order chi connectivity index (χ0) is 12.2. The van der Waals surface area contributed by atoms with E-state index in [0.717, 1.165) is 5.01 Å². The maximum Gasteiger partial charge on any atom is 0.0897 e. The minimum absolute atomic E-state index is 0.289. The maximum absolute atomic E-state index is 4.32. The Morgan fingerprint density at radius 3 is 2.25 bits per heavy atom. The molecule has 1 heterocycles. The largest absolute Gasteiger partial charge is 0.304 e. The lowest BCUT2D eigenvalue weighted by Gasteiger charge is -2.34. The number of thiazole rings is 1. The number of aromatic nitrogens is 1. The molecule has 1 unspecified atom stereocenters. The van der Waals surface area contributed by atoms with Crippen LogP contribution >= 0.6 is 11.3 Å². The fraction of sp³-hybridized carbons (Fsp3) is 0.769. The van der Waals surface area contributed by atoms with Gasteiger partial charge in [0.2, 0.25) is 0 Å². The molecule has 0 aliphatic heterocycles. The van der Waals surface area contributed by atoms with E-state index in [1.54, 1.807) is 11.3 Å². The van der Waals surface area contributed by atoms with Crippen LogP contribution in [0.15, 0.2) is 6.20 Å². The summed E-state index contributed by atoms with van der Waals surface area (Å²) in [5.41, 5.74) is 0.289. The molecule has 1 atom stereocenters. The molecule has 0 saturated carbocycles. The lowest BCUT2D eigenvalue weighted by atomic mass is 9.89. The van der Waals surface area contributed by atoms with Crippen molar-refractivity contribution in [3.63, 3.8) is 0 Å². The minimum Gasteiger partial charge on any atom is -0.304 e. The van der Waals surface area contributed by atoms with Crippen LogP contribution in [-0.4, -0.2) is 10.5 Å². The Hall–Kier alpha value is -0.410. The minimum atomic E-state index is 0.289. The maximum atomic E-state index is 4.32. The standard InChI is InChI=1S/C13H24N2S/c1-6-13(7-2,8-3)15-10(4)12-9-14-11(5)16-12/h9-10,15H,6-8H2,1-5H3. The second-order valence-corrected chi connectivity index (χ2v) is 5.76. The Morgan fingerprint density at radius 1 is 1.31 bits per heavy atom. The molecule has 92 valence electrons. The molecule has 1 N–H and O–H groups in total. The van der Waals surface area contributed by atoms with Crippen molar-refractivity contribution >= 4 is 11.3 Å². The summed E-state index contributed by atoms with van der Waals surface area (Å²) in [6.45, 7) is 11.1. The third-order valence-electron chi connectivity index (χ3n) is 3.62. The highest BCUT2D eigenvalue weighted by Crippen LogP contribution is 2.27. The first-order chi connectivity index (χ1) is 7.56. The van der Waals surface area contributed by atoms with E-state index < -0.39 is 0 Å². The van der Waals surface area contributed by atoms with Crippen molar-refractivity contribution in [2.75, 3.05) is 0 Å². The van der Waals surface area contributed by atoms with Crippen LogP contribution in [0.5, 0.6) is 0 Å². The monoisotopic (exact) mass is 240 g/mol. The van der Waals surface area contributed by atoms with Gasteiger partial charge in [-0.2, -0.15) is 0 Å². The Kier molecular flexibility index (Phi) is 4.93. The van der Waals surface area contributed by atoms with Gasteiger partial charge in [0.25, 0.3) is 0 Å². The van der Waals surface area contributed by atoms with Crippen LogP contribution in [0.25, 0.3) is 0 Å². The van der Waals surface area contributed by atoms with Gasteiger partial charge in [0.15, 0.2) is 0 Å². The fourth-order valence-corrected chi connectivity index (χ4v) is 2.95. The van der Waals surface area contributed by atoms with Crippen LogP contribution in [0.1, 0.15) is 62.9 Å².